The lowest BCUT2D eigenvalue weighted by Crippen LogP contribution is -2.25. The second-order valence-corrected chi connectivity index (χ2v) is 8.70. The summed E-state index contributed by atoms with van der Waals surface area (Å²) in [7, 11) is 8.26. The van der Waals surface area contributed by atoms with Crippen molar-refractivity contribution in [3.63, 3.8) is 0 Å². The molecular formula is C25H40N4O. The van der Waals surface area contributed by atoms with E-state index in [0.717, 1.165) is 50.0 Å². The fourth-order valence-electron chi connectivity index (χ4n) is 3.89. The van der Waals surface area contributed by atoms with Crippen LogP contribution in [0.25, 0.3) is 0 Å². The van der Waals surface area contributed by atoms with E-state index in [1.54, 1.807) is 0 Å². The summed E-state index contributed by atoms with van der Waals surface area (Å²) in [5, 5.41) is 15.1. The SMILES string of the molecule is Cc1c(CN(C)C)cc(C(NCCCCCN)c2ccccc2)c(O)c1CN(C)C. The van der Waals surface area contributed by atoms with Crippen LogP contribution >= 0.6 is 0 Å². The molecule has 2 rings (SSSR count). The number of nitrogens with zero attached hydrogens (tertiary/aromatic N) is 2. The van der Waals surface area contributed by atoms with Crippen molar-refractivity contribution < 1.29 is 5.11 Å². The van der Waals surface area contributed by atoms with E-state index in [9.17, 15) is 5.11 Å². The number of hydrogen-bond donors (Lipinski definition) is 3. The van der Waals surface area contributed by atoms with Gasteiger partial charge in [-0.2, -0.15) is 0 Å². The number of nitrogens with two attached hydrogens (primary N) is 1. The molecule has 4 N–H and O–H groups in total. The van der Waals surface area contributed by atoms with E-state index in [-0.39, 0.29) is 6.04 Å². The van der Waals surface area contributed by atoms with Crippen LogP contribution in [0.1, 0.15) is 53.1 Å². The van der Waals surface area contributed by atoms with Gasteiger partial charge in [-0.25, -0.2) is 0 Å². The molecule has 2 aromatic rings. The smallest absolute Gasteiger partial charge is 0.125 e. The maximum Gasteiger partial charge on any atom is 0.125 e. The van der Waals surface area contributed by atoms with Crippen molar-refractivity contribution >= 4 is 0 Å². The van der Waals surface area contributed by atoms with Gasteiger partial charge in [-0.3, -0.25) is 0 Å². The quantitative estimate of drug-likeness (QED) is 0.465. The Morgan fingerprint density at radius 3 is 2.23 bits per heavy atom. The van der Waals surface area contributed by atoms with E-state index in [2.05, 4.69) is 66.5 Å². The second kappa shape index (κ2) is 12.1. The van der Waals surface area contributed by atoms with Gasteiger partial charge in [0.25, 0.3) is 0 Å². The number of hydrogen-bond acceptors (Lipinski definition) is 5. The molecule has 0 aliphatic carbocycles. The number of rotatable bonds is 12. The molecule has 0 saturated carbocycles. The monoisotopic (exact) mass is 412 g/mol. The Kier molecular flexibility index (Phi) is 9.79. The van der Waals surface area contributed by atoms with E-state index >= 15 is 0 Å². The summed E-state index contributed by atoms with van der Waals surface area (Å²) in [4.78, 5) is 4.30. The third-order valence-corrected chi connectivity index (χ3v) is 5.46. The van der Waals surface area contributed by atoms with Crippen LogP contribution in [0.5, 0.6) is 5.75 Å². The van der Waals surface area contributed by atoms with Crippen LogP contribution < -0.4 is 11.1 Å². The largest absolute Gasteiger partial charge is 0.507 e. The lowest BCUT2D eigenvalue weighted by atomic mass is 9.90. The predicted octanol–water partition coefficient (Wildman–Crippen LogP) is 3.63. The Hall–Kier alpha value is -1.92. The Balaban J connectivity index is 2.49. The molecule has 5 nitrogen and oxygen atoms in total. The topological polar surface area (TPSA) is 64.8 Å². The van der Waals surface area contributed by atoms with Crippen LogP contribution in [0.2, 0.25) is 0 Å². The van der Waals surface area contributed by atoms with Crippen LogP contribution in [-0.2, 0) is 13.1 Å². The van der Waals surface area contributed by atoms with Gasteiger partial charge in [-0.15, -0.1) is 0 Å². The Morgan fingerprint density at radius 2 is 1.63 bits per heavy atom. The highest BCUT2D eigenvalue weighted by Gasteiger charge is 2.23. The van der Waals surface area contributed by atoms with E-state index in [1.165, 1.54) is 16.7 Å². The van der Waals surface area contributed by atoms with Crippen molar-refractivity contribution in [3.05, 3.63) is 64.2 Å². The maximum absolute atomic E-state index is 11.4. The average molecular weight is 413 g/mol. The summed E-state index contributed by atoms with van der Waals surface area (Å²) in [6.45, 7) is 5.31. The first-order chi connectivity index (χ1) is 14.3. The summed E-state index contributed by atoms with van der Waals surface area (Å²) >= 11 is 0. The molecule has 0 radical (unpaired) electrons. The van der Waals surface area contributed by atoms with E-state index in [1.807, 2.05) is 20.2 Å². The molecule has 0 aliphatic heterocycles. The molecule has 0 aromatic heterocycles. The predicted molar refractivity (Wildman–Crippen MR) is 127 cm³/mol. The van der Waals surface area contributed by atoms with Gasteiger partial charge in [-0.05, 0) is 83.8 Å². The van der Waals surface area contributed by atoms with Crippen molar-refractivity contribution in [3.8, 4) is 5.75 Å². The molecule has 2 aromatic carbocycles. The minimum Gasteiger partial charge on any atom is -0.507 e. The Labute approximate surface area is 182 Å². The highest BCUT2D eigenvalue weighted by atomic mass is 16.3. The van der Waals surface area contributed by atoms with Gasteiger partial charge >= 0.3 is 0 Å². The molecule has 0 heterocycles. The van der Waals surface area contributed by atoms with E-state index in [4.69, 9.17) is 5.73 Å². The third-order valence-electron chi connectivity index (χ3n) is 5.46. The normalized spacial score (nSPS) is 12.7. The zero-order valence-electron chi connectivity index (χ0n) is 19.4. The van der Waals surface area contributed by atoms with Gasteiger partial charge in [0.15, 0.2) is 0 Å². The minimum atomic E-state index is -0.0495. The molecule has 0 saturated heterocycles. The van der Waals surface area contributed by atoms with Crippen molar-refractivity contribution in [2.24, 2.45) is 5.73 Å². The van der Waals surface area contributed by atoms with Gasteiger partial charge < -0.3 is 26.0 Å². The number of unbranched alkanes of at least 4 members (excludes halogenated alkanes) is 2. The lowest BCUT2D eigenvalue weighted by molar-refractivity contribution is 0.376. The van der Waals surface area contributed by atoms with Gasteiger partial charge in [-0.1, -0.05) is 36.8 Å². The number of benzene rings is 2. The molecule has 1 atom stereocenters. The first-order valence-electron chi connectivity index (χ1n) is 11.0. The molecule has 166 valence electrons. The number of aromatic hydroxyl groups is 1. The van der Waals surface area contributed by atoms with Crippen LogP contribution in [0.15, 0.2) is 36.4 Å². The number of phenolic OH excluding ortho intramolecular Hbond substituents is 1. The molecule has 30 heavy (non-hydrogen) atoms. The molecule has 1 unspecified atom stereocenters. The van der Waals surface area contributed by atoms with Gasteiger partial charge in [0.1, 0.15) is 5.75 Å². The highest BCUT2D eigenvalue weighted by molar-refractivity contribution is 5.53. The maximum atomic E-state index is 11.4. The Morgan fingerprint density at radius 1 is 0.967 bits per heavy atom. The summed E-state index contributed by atoms with van der Waals surface area (Å²) < 4.78 is 0. The summed E-state index contributed by atoms with van der Waals surface area (Å²) in [5.41, 5.74) is 11.2. The lowest BCUT2D eigenvalue weighted by Gasteiger charge is -2.26. The van der Waals surface area contributed by atoms with Gasteiger partial charge in [0, 0.05) is 24.2 Å². The third kappa shape index (κ3) is 6.81. The number of phenols is 1. The van der Waals surface area contributed by atoms with Crippen molar-refractivity contribution in [1.29, 1.82) is 0 Å². The first kappa shape index (κ1) is 24.4. The van der Waals surface area contributed by atoms with Gasteiger partial charge in [0.05, 0.1) is 6.04 Å². The molecule has 0 fully saturated rings. The summed E-state index contributed by atoms with van der Waals surface area (Å²) in [6.07, 6.45) is 3.23. The van der Waals surface area contributed by atoms with Crippen LogP contribution in [0.3, 0.4) is 0 Å². The molecular weight excluding hydrogens is 372 g/mol. The van der Waals surface area contributed by atoms with Crippen LogP contribution in [-0.4, -0.2) is 56.2 Å². The molecule has 0 spiro atoms. The molecule has 0 aliphatic rings. The van der Waals surface area contributed by atoms with Gasteiger partial charge in [0.2, 0.25) is 0 Å². The average Bonchev–Trinajstić information content (AvgIpc) is 2.71. The van der Waals surface area contributed by atoms with Crippen molar-refractivity contribution in [2.45, 2.75) is 45.3 Å². The zero-order valence-corrected chi connectivity index (χ0v) is 19.4. The van der Waals surface area contributed by atoms with E-state index < -0.39 is 0 Å². The zero-order chi connectivity index (χ0) is 22.1. The fraction of sp³-hybridized carbons (Fsp3) is 0.520. The van der Waals surface area contributed by atoms with Crippen LogP contribution in [0.4, 0.5) is 0 Å². The number of nitrogens with one attached hydrogen (secondary N) is 1. The fourth-order valence-corrected chi connectivity index (χ4v) is 3.89. The first-order valence-corrected chi connectivity index (χ1v) is 11.0. The Bertz CT molecular complexity index is 774. The van der Waals surface area contributed by atoms with Crippen LogP contribution in [0, 0.1) is 6.92 Å². The summed E-state index contributed by atoms with van der Waals surface area (Å²) in [5.74, 6) is 0.409. The molecule has 0 bridgehead atoms. The standard InChI is InChI=1S/C25H40N4O/c1-19-21(17-28(2)3)16-22(25(30)23(19)18-29(4)5)24(20-12-8-6-9-13-20)27-15-11-7-10-14-26/h6,8-9,12-13,16,24,27,30H,7,10-11,14-15,17-18,26H2,1-5H3. The second-order valence-electron chi connectivity index (χ2n) is 8.70. The minimum absolute atomic E-state index is 0.0495. The van der Waals surface area contributed by atoms with Crippen molar-refractivity contribution in [1.82, 2.24) is 15.1 Å². The molecule has 0 amide bonds. The van der Waals surface area contributed by atoms with Crippen molar-refractivity contribution in [2.75, 3.05) is 41.3 Å². The summed E-state index contributed by atoms with van der Waals surface area (Å²) in [6, 6.07) is 12.6. The van der Waals surface area contributed by atoms with E-state index in [0.29, 0.717) is 12.3 Å². The molecule has 5 heteroatoms. The highest BCUT2D eigenvalue weighted by Crippen LogP contribution is 2.36.